The molecule has 0 spiro atoms. The van der Waals surface area contributed by atoms with Crippen LogP contribution in [0.15, 0.2) is 42.5 Å². The summed E-state index contributed by atoms with van der Waals surface area (Å²) in [7, 11) is 0. The first kappa shape index (κ1) is 25.8. The number of carbonyl (C=O) groups is 2. The molecule has 0 saturated carbocycles. The first-order chi connectivity index (χ1) is 15.8. The molecule has 2 aromatic carbocycles. The molecule has 34 heavy (non-hydrogen) atoms. The fourth-order valence-corrected chi connectivity index (χ4v) is 4.10. The second-order valence-corrected chi connectivity index (χ2v) is 8.41. The van der Waals surface area contributed by atoms with E-state index in [1.807, 2.05) is 6.92 Å². The number of nitrogens with one attached hydrogen (secondary N) is 1. The van der Waals surface area contributed by atoms with Gasteiger partial charge in [-0.05, 0) is 66.3 Å². The Kier molecular flexibility index (Phi) is 7.45. The zero-order valence-corrected chi connectivity index (χ0v) is 18.7. The van der Waals surface area contributed by atoms with Crippen molar-refractivity contribution in [3.63, 3.8) is 0 Å². The topological polar surface area (TPSA) is 46.2 Å². The van der Waals surface area contributed by atoms with Gasteiger partial charge in [-0.25, -0.2) is 0 Å². The number of hydrogen-bond donors (Lipinski definition) is 1. The molecule has 1 amide bonds. The molecule has 182 valence electrons. The molecule has 1 atom stereocenters. The van der Waals surface area contributed by atoms with Gasteiger partial charge in [-0.1, -0.05) is 30.7 Å². The summed E-state index contributed by atoms with van der Waals surface area (Å²) in [6, 6.07) is 5.68. The minimum Gasteiger partial charge on any atom is -0.349 e. The molecule has 0 aromatic heterocycles. The Labute approximate surface area is 196 Å². The molecule has 1 aliphatic rings. The molecule has 10 heteroatoms. The standard InChI is InChI=1S/C24H20ClF6NO2/c1-2-3-22(34)32-20-7-5-13-8-14(4-6-18(13)20)21(33)12-19(24(29,30)31)15-9-16(23(26,27)28)11-17(25)10-15/h4,6,8-12,20H,2-3,5,7H2,1H3,(H,32,34). The molecule has 0 heterocycles. The third-order valence-corrected chi connectivity index (χ3v) is 5.65. The number of hydrogen-bond acceptors (Lipinski definition) is 2. The van der Waals surface area contributed by atoms with Crippen LogP contribution in [0.3, 0.4) is 0 Å². The van der Waals surface area contributed by atoms with Crippen LogP contribution >= 0.6 is 11.6 Å². The van der Waals surface area contributed by atoms with Crippen LogP contribution < -0.4 is 5.32 Å². The van der Waals surface area contributed by atoms with Gasteiger partial charge in [0.15, 0.2) is 5.78 Å². The monoisotopic (exact) mass is 503 g/mol. The number of aryl methyl sites for hydroxylation is 1. The lowest BCUT2D eigenvalue weighted by Crippen LogP contribution is -2.26. The van der Waals surface area contributed by atoms with Gasteiger partial charge in [-0.15, -0.1) is 0 Å². The lowest BCUT2D eigenvalue weighted by Gasteiger charge is -2.15. The molecule has 0 bridgehead atoms. The average molecular weight is 504 g/mol. The van der Waals surface area contributed by atoms with Crippen LogP contribution in [-0.2, 0) is 17.4 Å². The van der Waals surface area contributed by atoms with E-state index >= 15 is 0 Å². The van der Waals surface area contributed by atoms with Gasteiger partial charge in [-0.2, -0.15) is 26.3 Å². The number of carbonyl (C=O) groups excluding carboxylic acids is 2. The minimum atomic E-state index is -5.10. The van der Waals surface area contributed by atoms with Crippen LogP contribution in [0.1, 0.15) is 64.8 Å². The summed E-state index contributed by atoms with van der Waals surface area (Å²) >= 11 is 5.63. The number of benzene rings is 2. The van der Waals surface area contributed by atoms with Crippen LogP contribution in [0, 0.1) is 0 Å². The highest BCUT2D eigenvalue weighted by molar-refractivity contribution is 6.30. The molecule has 0 saturated heterocycles. The summed E-state index contributed by atoms with van der Waals surface area (Å²) in [5.41, 5.74) is -2.29. The van der Waals surface area contributed by atoms with E-state index in [1.54, 1.807) is 6.07 Å². The molecule has 0 fully saturated rings. The van der Waals surface area contributed by atoms with Crippen LogP contribution in [0.4, 0.5) is 26.3 Å². The van der Waals surface area contributed by atoms with Gasteiger partial charge in [0, 0.05) is 17.0 Å². The van der Waals surface area contributed by atoms with Crippen molar-refractivity contribution >= 4 is 28.9 Å². The third-order valence-electron chi connectivity index (χ3n) is 5.43. The van der Waals surface area contributed by atoms with Crippen molar-refractivity contribution in [1.29, 1.82) is 0 Å². The smallest absolute Gasteiger partial charge is 0.349 e. The normalized spacial score (nSPS) is 16.4. The van der Waals surface area contributed by atoms with E-state index < -0.39 is 39.9 Å². The van der Waals surface area contributed by atoms with Gasteiger partial charge >= 0.3 is 12.4 Å². The Morgan fingerprint density at radius 3 is 2.38 bits per heavy atom. The molecule has 3 nitrogen and oxygen atoms in total. The summed E-state index contributed by atoms with van der Waals surface area (Å²) in [4.78, 5) is 24.6. The molecular weight excluding hydrogens is 484 g/mol. The SMILES string of the molecule is CCCC(=O)NC1CCc2cc(C(=O)C=C(c3cc(Cl)cc(C(F)(F)F)c3)C(F)(F)F)ccc21. The Balaban J connectivity index is 1.94. The average Bonchev–Trinajstić information content (AvgIpc) is 3.12. The largest absolute Gasteiger partial charge is 0.417 e. The van der Waals surface area contributed by atoms with Gasteiger partial charge < -0.3 is 5.32 Å². The molecular formula is C24H20ClF6NO2. The van der Waals surface area contributed by atoms with Gasteiger partial charge in [-0.3, -0.25) is 9.59 Å². The van der Waals surface area contributed by atoms with Crippen LogP contribution in [0.2, 0.25) is 5.02 Å². The number of halogens is 7. The van der Waals surface area contributed by atoms with Gasteiger partial charge in [0.25, 0.3) is 0 Å². The van der Waals surface area contributed by atoms with Crippen molar-refractivity contribution in [3.05, 3.63) is 75.3 Å². The van der Waals surface area contributed by atoms with E-state index in [-0.39, 0.29) is 23.6 Å². The maximum absolute atomic E-state index is 13.7. The quantitative estimate of drug-likeness (QED) is 0.260. The highest BCUT2D eigenvalue weighted by Gasteiger charge is 2.38. The molecule has 3 rings (SSSR count). The zero-order chi connectivity index (χ0) is 25.3. The Hall–Kier alpha value is -2.81. The van der Waals surface area contributed by atoms with Crippen LogP contribution in [0.5, 0.6) is 0 Å². The van der Waals surface area contributed by atoms with Crippen molar-refractivity contribution in [2.24, 2.45) is 0 Å². The maximum Gasteiger partial charge on any atom is 0.417 e. The number of fused-ring (bicyclic) bond motifs is 1. The van der Waals surface area contributed by atoms with E-state index in [2.05, 4.69) is 5.32 Å². The molecule has 0 radical (unpaired) electrons. The predicted molar refractivity (Wildman–Crippen MR) is 115 cm³/mol. The first-order valence-corrected chi connectivity index (χ1v) is 10.8. The zero-order valence-electron chi connectivity index (χ0n) is 17.9. The number of ketones is 1. The highest BCUT2D eigenvalue weighted by atomic mass is 35.5. The predicted octanol–water partition coefficient (Wildman–Crippen LogP) is 7.09. The van der Waals surface area contributed by atoms with Crippen LogP contribution in [-0.4, -0.2) is 17.9 Å². The van der Waals surface area contributed by atoms with Crippen molar-refractivity contribution in [1.82, 2.24) is 5.32 Å². The fraction of sp³-hybridized carbons (Fsp3) is 0.333. The summed E-state index contributed by atoms with van der Waals surface area (Å²) in [6.45, 7) is 1.87. The lowest BCUT2D eigenvalue weighted by atomic mass is 9.97. The van der Waals surface area contributed by atoms with E-state index in [1.165, 1.54) is 12.1 Å². The summed E-state index contributed by atoms with van der Waals surface area (Å²) in [5.74, 6) is -1.12. The van der Waals surface area contributed by atoms with E-state index in [4.69, 9.17) is 11.6 Å². The highest BCUT2D eigenvalue weighted by Crippen LogP contribution is 2.39. The Morgan fingerprint density at radius 1 is 1.06 bits per heavy atom. The van der Waals surface area contributed by atoms with E-state index in [0.717, 1.165) is 17.2 Å². The molecule has 2 aromatic rings. The van der Waals surface area contributed by atoms with E-state index in [0.29, 0.717) is 37.8 Å². The number of rotatable bonds is 6. The minimum absolute atomic E-state index is 0.0425. The summed E-state index contributed by atoms with van der Waals surface area (Å²) in [5, 5.41) is 2.35. The maximum atomic E-state index is 13.7. The van der Waals surface area contributed by atoms with Gasteiger partial charge in [0.05, 0.1) is 17.2 Å². The fourth-order valence-electron chi connectivity index (χ4n) is 3.87. The number of allylic oxidation sites excluding steroid dienone is 2. The summed E-state index contributed by atoms with van der Waals surface area (Å²) < 4.78 is 80.3. The third kappa shape index (κ3) is 6.00. The van der Waals surface area contributed by atoms with Gasteiger partial charge in [0.2, 0.25) is 5.91 Å². The van der Waals surface area contributed by atoms with Crippen molar-refractivity contribution in [3.8, 4) is 0 Å². The van der Waals surface area contributed by atoms with Crippen molar-refractivity contribution < 1.29 is 35.9 Å². The lowest BCUT2D eigenvalue weighted by molar-refractivity contribution is -0.137. The Morgan fingerprint density at radius 2 is 1.76 bits per heavy atom. The Bertz CT molecular complexity index is 1140. The number of alkyl halides is 6. The number of amides is 1. The second kappa shape index (κ2) is 9.82. The van der Waals surface area contributed by atoms with Crippen molar-refractivity contribution in [2.45, 2.75) is 51.0 Å². The molecule has 1 aliphatic carbocycles. The van der Waals surface area contributed by atoms with Crippen molar-refractivity contribution in [2.75, 3.05) is 0 Å². The summed E-state index contributed by atoms with van der Waals surface area (Å²) in [6.07, 6.45) is -7.57. The molecule has 1 unspecified atom stereocenters. The molecule has 0 aliphatic heterocycles. The molecule has 1 N–H and O–H groups in total. The van der Waals surface area contributed by atoms with Crippen LogP contribution in [0.25, 0.3) is 5.57 Å². The van der Waals surface area contributed by atoms with E-state index in [9.17, 15) is 35.9 Å². The van der Waals surface area contributed by atoms with Gasteiger partial charge in [0.1, 0.15) is 0 Å². The second-order valence-electron chi connectivity index (χ2n) is 7.97. The first-order valence-electron chi connectivity index (χ1n) is 10.4.